The molecule has 1 aliphatic heterocycles. The van der Waals surface area contributed by atoms with E-state index in [0.717, 1.165) is 67.9 Å². The molecule has 1 saturated heterocycles. The van der Waals surface area contributed by atoms with Gasteiger partial charge in [0, 0.05) is 48.3 Å². The molecule has 2 aromatic rings. The summed E-state index contributed by atoms with van der Waals surface area (Å²) in [5, 5.41) is 0. The lowest BCUT2D eigenvalue weighted by Crippen LogP contribution is -2.42. The molecular formula is C24H30N2O2. The Balaban J connectivity index is 1.46. The Bertz CT molecular complexity index is 814. The van der Waals surface area contributed by atoms with E-state index in [4.69, 9.17) is 9.72 Å². The third-order valence-electron chi connectivity index (χ3n) is 6.25. The minimum Gasteiger partial charge on any atom is -0.496 e. The highest BCUT2D eigenvalue weighted by atomic mass is 16.5. The van der Waals surface area contributed by atoms with Crippen LogP contribution in [0.5, 0.6) is 5.75 Å². The molecule has 4 heteroatoms. The van der Waals surface area contributed by atoms with E-state index in [2.05, 4.69) is 29.2 Å². The second kappa shape index (κ2) is 8.76. The van der Waals surface area contributed by atoms with E-state index in [1.807, 2.05) is 18.2 Å². The number of ether oxygens (including phenoxy) is 1. The third kappa shape index (κ3) is 4.21. The first-order valence-corrected chi connectivity index (χ1v) is 10.6. The van der Waals surface area contributed by atoms with Crippen LogP contribution in [0.1, 0.15) is 61.4 Å². The van der Waals surface area contributed by atoms with Gasteiger partial charge in [0.1, 0.15) is 5.75 Å². The molecule has 1 aromatic heterocycles. The van der Waals surface area contributed by atoms with Gasteiger partial charge in [-0.3, -0.25) is 9.78 Å². The Hall–Kier alpha value is -2.36. The van der Waals surface area contributed by atoms with Crippen LogP contribution in [-0.4, -0.2) is 36.0 Å². The monoisotopic (exact) mass is 378 g/mol. The van der Waals surface area contributed by atoms with Gasteiger partial charge in [-0.05, 0) is 43.9 Å². The van der Waals surface area contributed by atoms with Crippen molar-refractivity contribution >= 4 is 5.91 Å². The van der Waals surface area contributed by atoms with Crippen LogP contribution in [0.2, 0.25) is 0 Å². The molecule has 0 bridgehead atoms. The number of benzene rings is 1. The Morgan fingerprint density at radius 1 is 1.07 bits per heavy atom. The van der Waals surface area contributed by atoms with Gasteiger partial charge in [-0.1, -0.05) is 37.1 Å². The lowest BCUT2D eigenvalue weighted by molar-refractivity contribution is -0.136. The number of hydrogen-bond acceptors (Lipinski definition) is 3. The van der Waals surface area contributed by atoms with Gasteiger partial charge in [0.05, 0.1) is 7.11 Å². The molecule has 0 unspecified atom stereocenters. The number of methoxy groups -OCH3 is 1. The molecule has 1 atom stereocenters. The summed E-state index contributed by atoms with van der Waals surface area (Å²) >= 11 is 0. The van der Waals surface area contributed by atoms with E-state index < -0.39 is 0 Å². The number of piperidine rings is 1. The largest absolute Gasteiger partial charge is 0.496 e. The zero-order chi connectivity index (χ0) is 19.3. The van der Waals surface area contributed by atoms with Crippen LogP contribution in [0.3, 0.4) is 0 Å². The maximum Gasteiger partial charge on any atom is 0.225 e. The molecule has 148 valence electrons. The molecular weight excluding hydrogens is 348 g/mol. The average Bonchev–Trinajstić information content (AvgIpc) is 3.29. The highest BCUT2D eigenvalue weighted by Crippen LogP contribution is 2.31. The number of carbonyl (C=O) groups excluding carboxylic acids is 1. The van der Waals surface area contributed by atoms with Crippen molar-refractivity contribution in [1.29, 1.82) is 0 Å². The predicted molar refractivity (Wildman–Crippen MR) is 111 cm³/mol. The Morgan fingerprint density at radius 3 is 2.71 bits per heavy atom. The van der Waals surface area contributed by atoms with Crippen LogP contribution in [-0.2, 0) is 11.2 Å². The fraction of sp³-hybridized carbons (Fsp3) is 0.500. The highest BCUT2D eigenvalue weighted by molar-refractivity contribution is 5.79. The summed E-state index contributed by atoms with van der Waals surface area (Å²) in [6.45, 7) is 1.73. The molecule has 28 heavy (non-hydrogen) atoms. The van der Waals surface area contributed by atoms with Crippen molar-refractivity contribution in [2.24, 2.45) is 5.92 Å². The third-order valence-corrected chi connectivity index (χ3v) is 6.25. The van der Waals surface area contributed by atoms with Crippen molar-refractivity contribution in [1.82, 2.24) is 9.88 Å². The first kappa shape index (κ1) is 19.0. The molecule has 2 fully saturated rings. The number of carbonyl (C=O) groups is 1. The molecule has 4 nitrogen and oxygen atoms in total. The number of para-hydroxylation sites is 1. The first-order chi connectivity index (χ1) is 13.7. The van der Waals surface area contributed by atoms with Crippen LogP contribution >= 0.6 is 0 Å². The van der Waals surface area contributed by atoms with Crippen LogP contribution in [0.4, 0.5) is 0 Å². The smallest absolute Gasteiger partial charge is 0.225 e. The lowest BCUT2D eigenvalue weighted by Gasteiger charge is -2.34. The van der Waals surface area contributed by atoms with Gasteiger partial charge in [0.25, 0.3) is 0 Å². The number of aromatic nitrogens is 1. The van der Waals surface area contributed by atoms with Gasteiger partial charge in [0.2, 0.25) is 5.91 Å². The number of pyridine rings is 1. The Kier molecular flexibility index (Phi) is 5.94. The molecule has 0 N–H and O–H groups in total. The molecule has 2 heterocycles. The van der Waals surface area contributed by atoms with Crippen LogP contribution in [0.15, 0.2) is 42.5 Å². The Labute approximate surface area is 167 Å². The van der Waals surface area contributed by atoms with E-state index in [-0.39, 0.29) is 5.92 Å². The first-order valence-electron chi connectivity index (χ1n) is 10.6. The van der Waals surface area contributed by atoms with Crippen molar-refractivity contribution in [3.8, 4) is 5.75 Å². The summed E-state index contributed by atoms with van der Waals surface area (Å²) in [4.78, 5) is 19.9. The number of likely N-dealkylation sites (tertiary alicyclic amines) is 1. The van der Waals surface area contributed by atoms with Crippen molar-refractivity contribution in [3.63, 3.8) is 0 Å². The zero-order valence-corrected chi connectivity index (χ0v) is 16.8. The minimum atomic E-state index is 0.267. The molecule has 2 aliphatic rings. The average molecular weight is 379 g/mol. The number of hydrogen-bond donors (Lipinski definition) is 0. The SMILES string of the molecule is COc1ccccc1Cc1cccc([C@@H]2CCCN(C(=O)C3CCCC3)C2)n1. The molecule has 0 spiro atoms. The molecule has 4 rings (SSSR count). The van der Waals surface area contributed by atoms with Gasteiger partial charge in [-0.15, -0.1) is 0 Å². The summed E-state index contributed by atoms with van der Waals surface area (Å²) in [5.41, 5.74) is 3.33. The Morgan fingerprint density at radius 2 is 1.89 bits per heavy atom. The van der Waals surface area contributed by atoms with Gasteiger partial charge < -0.3 is 9.64 Å². The zero-order valence-electron chi connectivity index (χ0n) is 16.8. The molecule has 1 amide bonds. The maximum atomic E-state index is 12.8. The lowest BCUT2D eigenvalue weighted by atomic mass is 9.92. The molecule has 1 saturated carbocycles. The van der Waals surface area contributed by atoms with Crippen LogP contribution in [0.25, 0.3) is 0 Å². The second-order valence-electron chi connectivity index (χ2n) is 8.15. The molecule has 0 radical (unpaired) electrons. The fourth-order valence-corrected chi connectivity index (χ4v) is 4.72. The van der Waals surface area contributed by atoms with Crippen LogP contribution in [0, 0.1) is 5.92 Å². The van der Waals surface area contributed by atoms with Crippen LogP contribution < -0.4 is 4.74 Å². The topological polar surface area (TPSA) is 42.4 Å². The minimum absolute atomic E-state index is 0.267. The summed E-state index contributed by atoms with van der Waals surface area (Å²) in [6.07, 6.45) is 7.51. The van der Waals surface area contributed by atoms with Crippen molar-refractivity contribution in [2.45, 2.75) is 50.9 Å². The number of nitrogens with zero attached hydrogens (tertiary/aromatic N) is 2. The number of amides is 1. The van der Waals surface area contributed by atoms with E-state index >= 15 is 0 Å². The quantitative estimate of drug-likeness (QED) is 0.765. The second-order valence-corrected chi connectivity index (χ2v) is 8.15. The molecule has 1 aliphatic carbocycles. The van der Waals surface area contributed by atoms with Crippen molar-refractivity contribution in [2.75, 3.05) is 20.2 Å². The van der Waals surface area contributed by atoms with E-state index in [0.29, 0.717) is 11.8 Å². The van der Waals surface area contributed by atoms with Crippen molar-refractivity contribution in [3.05, 3.63) is 59.4 Å². The van der Waals surface area contributed by atoms with Gasteiger partial charge in [0.15, 0.2) is 0 Å². The van der Waals surface area contributed by atoms with Crippen molar-refractivity contribution < 1.29 is 9.53 Å². The maximum absolute atomic E-state index is 12.8. The predicted octanol–water partition coefficient (Wildman–Crippen LogP) is 4.58. The fourth-order valence-electron chi connectivity index (χ4n) is 4.72. The standard InChI is InChI=1S/C24H30N2O2/c1-28-23-14-5-4-10-19(23)16-21-12-6-13-22(25-21)20-11-7-15-26(17-20)24(27)18-8-2-3-9-18/h4-6,10,12-14,18,20H,2-3,7-9,11,15-17H2,1H3/t20-/m1/s1. The van der Waals surface area contributed by atoms with Gasteiger partial charge in [-0.25, -0.2) is 0 Å². The normalized spacial score (nSPS) is 20.3. The van der Waals surface area contributed by atoms with E-state index in [1.165, 1.54) is 12.8 Å². The van der Waals surface area contributed by atoms with E-state index in [1.54, 1.807) is 7.11 Å². The van der Waals surface area contributed by atoms with Gasteiger partial charge >= 0.3 is 0 Å². The highest BCUT2D eigenvalue weighted by Gasteiger charge is 2.31. The summed E-state index contributed by atoms with van der Waals surface area (Å²) in [6, 6.07) is 14.4. The van der Waals surface area contributed by atoms with E-state index in [9.17, 15) is 4.79 Å². The summed E-state index contributed by atoms with van der Waals surface area (Å²) in [5.74, 6) is 1.90. The number of rotatable bonds is 5. The summed E-state index contributed by atoms with van der Waals surface area (Å²) < 4.78 is 5.48. The summed E-state index contributed by atoms with van der Waals surface area (Å²) in [7, 11) is 1.71. The molecule has 1 aromatic carbocycles. The van der Waals surface area contributed by atoms with Gasteiger partial charge in [-0.2, -0.15) is 0 Å².